The number of carbonyl (C=O) groups is 2. The fourth-order valence-electron chi connectivity index (χ4n) is 2.52. The molecule has 0 saturated heterocycles. The Labute approximate surface area is 145 Å². The van der Waals surface area contributed by atoms with E-state index in [9.17, 15) is 9.59 Å². The van der Waals surface area contributed by atoms with E-state index in [1.165, 1.54) is 7.11 Å². The minimum absolute atomic E-state index is 0.118. The van der Waals surface area contributed by atoms with E-state index in [0.29, 0.717) is 28.3 Å². The van der Waals surface area contributed by atoms with Gasteiger partial charge in [-0.15, -0.1) is 0 Å². The molecule has 0 aliphatic carbocycles. The molecule has 1 aliphatic heterocycles. The summed E-state index contributed by atoms with van der Waals surface area (Å²) in [6, 6.07) is 5.74. The Morgan fingerprint density at radius 3 is 2.76 bits per heavy atom. The first-order valence-electron chi connectivity index (χ1n) is 7.64. The van der Waals surface area contributed by atoms with Gasteiger partial charge in [-0.3, -0.25) is 0 Å². The number of nitrogens with one attached hydrogen (secondary N) is 2. The summed E-state index contributed by atoms with van der Waals surface area (Å²) in [5.74, 6) is 0.272. The number of rotatable bonds is 6. The van der Waals surface area contributed by atoms with Gasteiger partial charge < -0.3 is 24.8 Å². The summed E-state index contributed by atoms with van der Waals surface area (Å²) < 4.78 is 15.7. The maximum absolute atomic E-state index is 12.3. The minimum atomic E-state index is -0.688. The number of amides is 2. The van der Waals surface area contributed by atoms with E-state index in [1.54, 1.807) is 32.0 Å². The average Bonchev–Trinajstić information content (AvgIpc) is 2.59. The van der Waals surface area contributed by atoms with Gasteiger partial charge in [0.1, 0.15) is 6.07 Å². The maximum atomic E-state index is 12.3. The van der Waals surface area contributed by atoms with Crippen molar-refractivity contribution in [2.24, 2.45) is 0 Å². The molecule has 8 nitrogen and oxygen atoms in total. The number of urea groups is 1. The van der Waals surface area contributed by atoms with Crippen molar-refractivity contribution in [1.82, 2.24) is 10.6 Å². The first kappa shape index (κ1) is 18.1. The maximum Gasteiger partial charge on any atom is 0.338 e. The lowest BCUT2D eigenvalue weighted by Crippen LogP contribution is -2.45. The van der Waals surface area contributed by atoms with Gasteiger partial charge in [-0.05, 0) is 31.5 Å². The van der Waals surface area contributed by atoms with Crippen LogP contribution in [0.4, 0.5) is 4.79 Å². The Morgan fingerprint density at radius 2 is 2.12 bits per heavy atom. The Hall–Kier alpha value is -3.21. The van der Waals surface area contributed by atoms with Crippen LogP contribution in [-0.2, 0) is 9.53 Å². The van der Waals surface area contributed by atoms with Gasteiger partial charge in [-0.1, -0.05) is 6.07 Å². The van der Waals surface area contributed by atoms with E-state index in [-0.39, 0.29) is 13.2 Å². The highest BCUT2D eigenvalue weighted by Crippen LogP contribution is 2.34. The number of methoxy groups -OCH3 is 1. The van der Waals surface area contributed by atoms with Gasteiger partial charge >= 0.3 is 12.0 Å². The summed E-state index contributed by atoms with van der Waals surface area (Å²) in [7, 11) is 1.46. The predicted molar refractivity (Wildman–Crippen MR) is 87.8 cm³/mol. The molecule has 1 atom stereocenters. The summed E-state index contributed by atoms with van der Waals surface area (Å²) >= 11 is 0. The summed E-state index contributed by atoms with van der Waals surface area (Å²) in [4.78, 5) is 24.1. The number of esters is 1. The van der Waals surface area contributed by atoms with Gasteiger partial charge in [0.15, 0.2) is 18.1 Å². The van der Waals surface area contributed by atoms with Crippen molar-refractivity contribution < 1.29 is 23.8 Å². The molecule has 0 aromatic heterocycles. The Bertz CT molecular complexity index is 751. The molecule has 1 aliphatic rings. The molecule has 132 valence electrons. The second kappa shape index (κ2) is 8.06. The monoisotopic (exact) mass is 345 g/mol. The van der Waals surface area contributed by atoms with Crippen LogP contribution >= 0.6 is 0 Å². The smallest absolute Gasteiger partial charge is 0.338 e. The normalized spacial score (nSPS) is 16.4. The van der Waals surface area contributed by atoms with Crippen LogP contribution < -0.4 is 20.1 Å². The fourth-order valence-corrected chi connectivity index (χ4v) is 2.52. The van der Waals surface area contributed by atoms with Gasteiger partial charge in [0, 0.05) is 5.70 Å². The molecule has 0 spiro atoms. The molecule has 1 heterocycles. The number of carbonyl (C=O) groups excluding carboxylic acids is 2. The van der Waals surface area contributed by atoms with Crippen LogP contribution in [0.15, 0.2) is 29.5 Å². The van der Waals surface area contributed by atoms with Gasteiger partial charge in [0.2, 0.25) is 0 Å². The van der Waals surface area contributed by atoms with Crippen molar-refractivity contribution in [3.63, 3.8) is 0 Å². The molecule has 0 saturated carbocycles. The highest BCUT2D eigenvalue weighted by molar-refractivity contribution is 5.95. The summed E-state index contributed by atoms with van der Waals surface area (Å²) in [5.41, 5.74) is 1.36. The van der Waals surface area contributed by atoms with Gasteiger partial charge in [0.05, 0.1) is 25.3 Å². The lowest BCUT2D eigenvalue weighted by atomic mass is 9.95. The number of hydrogen-bond donors (Lipinski definition) is 2. The topological polar surface area (TPSA) is 110 Å². The van der Waals surface area contributed by atoms with Crippen molar-refractivity contribution in [2.45, 2.75) is 19.9 Å². The molecule has 1 aromatic rings. The molecule has 2 rings (SSSR count). The van der Waals surface area contributed by atoms with Crippen molar-refractivity contribution in [3.05, 3.63) is 35.0 Å². The second-order valence-corrected chi connectivity index (χ2v) is 5.15. The lowest BCUT2D eigenvalue weighted by molar-refractivity contribution is -0.139. The van der Waals surface area contributed by atoms with Crippen LogP contribution in [0.2, 0.25) is 0 Å². The highest BCUT2D eigenvalue weighted by Gasteiger charge is 2.32. The third-order valence-corrected chi connectivity index (χ3v) is 3.58. The molecular formula is C17H19N3O5. The molecule has 0 unspecified atom stereocenters. The minimum Gasteiger partial charge on any atom is -0.493 e. The highest BCUT2D eigenvalue weighted by atomic mass is 16.5. The standard InChI is InChI=1S/C17H19N3O5/c1-4-24-16(21)14-10(2)19-17(22)20-15(14)11-5-6-12(25-8-7-18)13(9-11)23-3/h5-6,9,15H,4,8H2,1-3H3,(H2,19,20,22)/t15-/m1/s1. The van der Waals surface area contributed by atoms with Crippen molar-refractivity contribution in [2.75, 3.05) is 20.3 Å². The average molecular weight is 345 g/mol. The SMILES string of the molecule is CCOC(=O)C1=C(C)NC(=O)N[C@@H]1c1ccc(OCC#N)c(OC)c1. The summed E-state index contributed by atoms with van der Waals surface area (Å²) in [6.45, 7) is 3.45. The largest absolute Gasteiger partial charge is 0.493 e. The second-order valence-electron chi connectivity index (χ2n) is 5.15. The molecule has 8 heteroatoms. The van der Waals surface area contributed by atoms with Crippen LogP contribution in [0.5, 0.6) is 11.5 Å². The Balaban J connectivity index is 2.43. The molecule has 2 N–H and O–H groups in total. The van der Waals surface area contributed by atoms with E-state index in [1.807, 2.05) is 6.07 Å². The number of ether oxygens (including phenoxy) is 3. The molecule has 25 heavy (non-hydrogen) atoms. The number of nitriles is 1. The first-order chi connectivity index (χ1) is 12.0. The van der Waals surface area contributed by atoms with Crippen LogP contribution in [0.1, 0.15) is 25.5 Å². The zero-order chi connectivity index (χ0) is 18.4. The fraction of sp³-hybridized carbons (Fsp3) is 0.353. The van der Waals surface area contributed by atoms with Crippen molar-refractivity contribution >= 4 is 12.0 Å². The predicted octanol–water partition coefficient (Wildman–Crippen LogP) is 1.79. The molecule has 1 aromatic carbocycles. The van der Waals surface area contributed by atoms with Gasteiger partial charge in [-0.25, -0.2) is 9.59 Å². The quantitative estimate of drug-likeness (QED) is 0.761. The van der Waals surface area contributed by atoms with Crippen LogP contribution in [0, 0.1) is 11.3 Å². The Kier molecular flexibility index (Phi) is 5.84. The van der Waals surface area contributed by atoms with E-state index >= 15 is 0 Å². The van der Waals surface area contributed by atoms with E-state index in [4.69, 9.17) is 19.5 Å². The summed E-state index contributed by atoms with van der Waals surface area (Å²) in [5, 5.41) is 13.9. The zero-order valence-corrected chi connectivity index (χ0v) is 14.2. The van der Waals surface area contributed by atoms with Crippen molar-refractivity contribution in [3.8, 4) is 17.6 Å². The van der Waals surface area contributed by atoms with Crippen LogP contribution in [-0.4, -0.2) is 32.3 Å². The summed E-state index contributed by atoms with van der Waals surface area (Å²) in [6.07, 6.45) is 0. The third-order valence-electron chi connectivity index (χ3n) is 3.58. The lowest BCUT2D eigenvalue weighted by Gasteiger charge is -2.28. The van der Waals surface area contributed by atoms with Crippen LogP contribution in [0.3, 0.4) is 0 Å². The molecule has 0 radical (unpaired) electrons. The van der Waals surface area contributed by atoms with Crippen molar-refractivity contribution in [1.29, 1.82) is 5.26 Å². The van der Waals surface area contributed by atoms with Gasteiger partial charge in [-0.2, -0.15) is 5.26 Å². The number of hydrogen-bond acceptors (Lipinski definition) is 6. The van der Waals surface area contributed by atoms with Gasteiger partial charge in [0.25, 0.3) is 0 Å². The van der Waals surface area contributed by atoms with E-state index < -0.39 is 18.0 Å². The van der Waals surface area contributed by atoms with E-state index in [0.717, 1.165) is 0 Å². The molecule has 0 bridgehead atoms. The van der Waals surface area contributed by atoms with Crippen LogP contribution in [0.25, 0.3) is 0 Å². The zero-order valence-electron chi connectivity index (χ0n) is 14.2. The number of benzene rings is 1. The number of allylic oxidation sites excluding steroid dienone is 1. The first-order valence-corrected chi connectivity index (χ1v) is 7.64. The van der Waals surface area contributed by atoms with E-state index in [2.05, 4.69) is 10.6 Å². The number of nitrogens with zero attached hydrogens (tertiary/aromatic N) is 1. The molecule has 2 amide bonds. The third kappa shape index (κ3) is 4.01. The molecular weight excluding hydrogens is 326 g/mol. The molecule has 0 fully saturated rings. The Morgan fingerprint density at radius 1 is 1.36 bits per heavy atom.